The number of hydrogen-bond donors (Lipinski definition) is 2. The van der Waals surface area contributed by atoms with Crippen molar-refractivity contribution in [2.75, 3.05) is 13.1 Å². The lowest BCUT2D eigenvalue weighted by Gasteiger charge is -2.21. The average molecular weight is 283 g/mol. The number of alkyl halides is 3. The number of aromatic amines is 1. The molecule has 0 radical (unpaired) electrons. The van der Waals surface area contributed by atoms with E-state index < -0.39 is 11.7 Å². The minimum absolute atomic E-state index is 0.462. The second kappa shape index (κ2) is 5.09. The first-order valence-corrected chi connectivity index (χ1v) is 6.79. The number of H-pyrrole nitrogens is 1. The minimum Gasteiger partial charge on any atom is -0.342 e. The fraction of sp³-hybridized carbons (Fsp3) is 0.500. The van der Waals surface area contributed by atoms with Crippen molar-refractivity contribution in [3.63, 3.8) is 0 Å². The largest absolute Gasteiger partial charge is 0.416 e. The first-order chi connectivity index (χ1) is 9.52. The number of piperidine rings is 1. The van der Waals surface area contributed by atoms with E-state index in [1.54, 1.807) is 0 Å². The van der Waals surface area contributed by atoms with Crippen molar-refractivity contribution < 1.29 is 13.2 Å². The number of aromatic nitrogens is 2. The monoisotopic (exact) mass is 283 g/mol. The molecule has 0 amide bonds. The number of nitrogens with zero attached hydrogens (tertiary/aromatic N) is 1. The third kappa shape index (κ3) is 2.80. The molecular weight excluding hydrogens is 267 g/mol. The molecule has 0 spiro atoms. The molecule has 1 fully saturated rings. The molecule has 3 rings (SSSR count). The van der Waals surface area contributed by atoms with Crippen LogP contribution in [-0.2, 0) is 12.6 Å². The highest BCUT2D eigenvalue weighted by molar-refractivity contribution is 5.76. The van der Waals surface area contributed by atoms with Crippen LogP contribution in [0.5, 0.6) is 0 Å². The summed E-state index contributed by atoms with van der Waals surface area (Å²) in [6, 6.07) is 3.65. The summed E-state index contributed by atoms with van der Waals surface area (Å²) in [7, 11) is 0. The minimum atomic E-state index is -4.31. The van der Waals surface area contributed by atoms with E-state index in [4.69, 9.17) is 0 Å². The van der Waals surface area contributed by atoms with Gasteiger partial charge in [-0.05, 0) is 50.0 Å². The number of nitrogens with one attached hydrogen (secondary N) is 2. The summed E-state index contributed by atoms with van der Waals surface area (Å²) in [5, 5.41) is 3.30. The van der Waals surface area contributed by atoms with E-state index in [0.717, 1.165) is 50.3 Å². The zero-order chi connectivity index (χ0) is 14.2. The number of benzene rings is 1. The fourth-order valence-electron chi connectivity index (χ4n) is 2.69. The van der Waals surface area contributed by atoms with Crippen LogP contribution in [-0.4, -0.2) is 23.1 Å². The Kier molecular flexibility index (Phi) is 3.41. The summed E-state index contributed by atoms with van der Waals surface area (Å²) in [5.41, 5.74) is 0.424. The van der Waals surface area contributed by atoms with Crippen molar-refractivity contribution in [3.8, 4) is 0 Å². The highest BCUT2D eigenvalue weighted by atomic mass is 19.4. The number of rotatable bonds is 2. The lowest BCUT2D eigenvalue weighted by molar-refractivity contribution is -0.137. The topological polar surface area (TPSA) is 40.7 Å². The van der Waals surface area contributed by atoms with Crippen LogP contribution in [0.25, 0.3) is 11.0 Å². The molecule has 0 aliphatic carbocycles. The van der Waals surface area contributed by atoms with Crippen molar-refractivity contribution in [3.05, 3.63) is 29.6 Å². The fourth-order valence-corrected chi connectivity index (χ4v) is 2.69. The van der Waals surface area contributed by atoms with E-state index in [-0.39, 0.29) is 0 Å². The van der Waals surface area contributed by atoms with Crippen LogP contribution in [0.3, 0.4) is 0 Å². The first-order valence-electron chi connectivity index (χ1n) is 6.79. The maximum absolute atomic E-state index is 12.7. The summed E-state index contributed by atoms with van der Waals surface area (Å²) in [6.07, 6.45) is -1.33. The third-order valence-electron chi connectivity index (χ3n) is 3.80. The maximum Gasteiger partial charge on any atom is 0.416 e. The van der Waals surface area contributed by atoms with Gasteiger partial charge in [0.15, 0.2) is 0 Å². The molecule has 2 aromatic rings. The van der Waals surface area contributed by atoms with Gasteiger partial charge in [0.1, 0.15) is 5.82 Å². The highest BCUT2D eigenvalue weighted by Crippen LogP contribution is 2.31. The Morgan fingerprint density at radius 2 is 1.95 bits per heavy atom. The Labute approximate surface area is 114 Å². The highest BCUT2D eigenvalue weighted by Gasteiger charge is 2.30. The summed E-state index contributed by atoms with van der Waals surface area (Å²) in [4.78, 5) is 7.41. The van der Waals surface area contributed by atoms with Gasteiger partial charge in [0.25, 0.3) is 0 Å². The van der Waals surface area contributed by atoms with E-state index >= 15 is 0 Å². The standard InChI is InChI=1S/C14H16F3N3/c15-14(16,17)10-1-2-11-12(8-10)20-13(19-11)7-9-3-5-18-6-4-9/h1-2,8-9,18H,3-7H2,(H,19,20). The molecular formula is C14H16F3N3. The molecule has 1 aromatic heterocycles. The van der Waals surface area contributed by atoms with Gasteiger partial charge in [0.05, 0.1) is 16.6 Å². The van der Waals surface area contributed by atoms with Crippen molar-refractivity contribution in [2.24, 2.45) is 5.92 Å². The quantitative estimate of drug-likeness (QED) is 0.889. The van der Waals surface area contributed by atoms with Crippen LogP contribution in [0.4, 0.5) is 13.2 Å². The number of hydrogen-bond acceptors (Lipinski definition) is 2. The second-order valence-corrected chi connectivity index (χ2v) is 5.31. The van der Waals surface area contributed by atoms with Crippen LogP contribution in [0.15, 0.2) is 18.2 Å². The second-order valence-electron chi connectivity index (χ2n) is 5.31. The lowest BCUT2D eigenvalue weighted by Crippen LogP contribution is -2.28. The zero-order valence-electron chi connectivity index (χ0n) is 10.9. The van der Waals surface area contributed by atoms with Crippen molar-refractivity contribution in [1.29, 1.82) is 0 Å². The summed E-state index contributed by atoms with van der Waals surface area (Å²) < 4.78 is 38.0. The molecule has 0 atom stereocenters. The molecule has 3 nitrogen and oxygen atoms in total. The van der Waals surface area contributed by atoms with Gasteiger partial charge in [-0.1, -0.05) is 0 Å². The molecule has 1 aromatic carbocycles. The van der Waals surface area contributed by atoms with E-state index in [2.05, 4.69) is 15.3 Å². The lowest BCUT2D eigenvalue weighted by atomic mass is 9.94. The number of halogens is 3. The van der Waals surface area contributed by atoms with E-state index in [0.29, 0.717) is 17.0 Å². The Morgan fingerprint density at radius 1 is 1.20 bits per heavy atom. The maximum atomic E-state index is 12.7. The van der Waals surface area contributed by atoms with Gasteiger partial charge in [-0.15, -0.1) is 0 Å². The van der Waals surface area contributed by atoms with E-state index in [9.17, 15) is 13.2 Å². The average Bonchev–Trinajstić information content (AvgIpc) is 2.80. The van der Waals surface area contributed by atoms with Gasteiger partial charge in [-0.3, -0.25) is 0 Å². The van der Waals surface area contributed by atoms with Crippen LogP contribution in [0.2, 0.25) is 0 Å². The molecule has 0 unspecified atom stereocenters. The molecule has 0 saturated carbocycles. The van der Waals surface area contributed by atoms with Crippen LogP contribution in [0.1, 0.15) is 24.2 Å². The van der Waals surface area contributed by atoms with Gasteiger partial charge in [-0.25, -0.2) is 4.98 Å². The Bertz CT molecular complexity index is 597. The summed E-state index contributed by atoms with van der Waals surface area (Å²) in [6.45, 7) is 2.01. The molecule has 0 bridgehead atoms. The molecule has 20 heavy (non-hydrogen) atoms. The predicted molar refractivity (Wildman–Crippen MR) is 70.4 cm³/mol. The molecule has 2 heterocycles. The Hall–Kier alpha value is -1.56. The number of imidazole rings is 1. The third-order valence-corrected chi connectivity index (χ3v) is 3.80. The number of fused-ring (bicyclic) bond motifs is 1. The molecule has 1 aliphatic rings. The van der Waals surface area contributed by atoms with Crippen molar-refractivity contribution in [1.82, 2.24) is 15.3 Å². The van der Waals surface area contributed by atoms with Gasteiger partial charge < -0.3 is 10.3 Å². The van der Waals surface area contributed by atoms with Crippen LogP contribution >= 0.6 is 0 Å². The van der Waals surface area contributed by atoms with Gasteiger partial charge in [0.2, 0.25) is 0 Å². The molecule has 1 aliphatic heterocycles. The first kappa shape index (κ1) is 13.4. The van der Waals surface area contributed by atoms with Gasteiger partial charge >= 0.3 is 6.18 Å². The van der Waals surface area contributed by atoms with Gasteiger partial charge in [0, 0.05) is 6.42 Å². The SMILES string of the molecule is FC(F)(F)c1ccc2nc(CC3CCNCC3)[nH]c2c1. The summed E-state index contributed by atoms with van der Waals surface area (Å²) in [5.74, 6) is 1.34. The Morgan fingerprint density at radius 3 is 2.65 bits per heavy atom. The Balaban J connectivity index is 1.83. The smallest absolute Gasteiger partial charge is 0.342 e. The van der Waals surface area contributed by atoms with Crippen molar-refractivity contribution >= 4 is 11.0 Å². The normalized spacial score (nSPS) is 17.8. The van der Waals surface area contributed by atoms with Crippen LogP contribution in [0, 0.1) is 5.92 Å². The van der Waals surface area contributed by atoms with Gasteiger partial charge in [-0.2, -0.15) is 13.2 Å². The molecule has 108 valence electrons. The van der Waals surface area contributed by atoms with E-state index in [1.165, 1.54) is 6.07 Å². The van der Waals surface area contributed by atoms with Crippen molar-refractivity contribution in [2.45, 2.75) is 25.4 Å². The predicted octanol–water partition coefficient (Wildman–Crippen LogP) is 3.12. The molecule has 6 heteroatoms. The molecule has 1 saturated heterocycles. The van der Waals surface area contributed by atoms with E-state index in [1.807, 2.05) is 0 Å². The zero-order valence-corrected chi connectivity index (χ0v) is 10.9. The van der Waals surface area contributed by atoms with Crippen LogP contribution < -0.4 is 5.32 Å². The summed E-state index contributed by atoms with van der Waals surface area (Å²) >= 11 is 0. The molecule has 2 N–H and O–H groups in total.